The summed E-state index contributed by atoms with van der Waals surface area (Å²) in [5.74, 6) is 0. The third-order valence-electron chi connectivity index (χ3n) is 3.78. The van der Waals surface area contributed by atoms with Crippen LogP contribution in [0.1, 0.15) is 5.56 Å². The Bertz CT molecular complexity index is 820. The second-order valence-electron chi connectivity index (χ2n) is 5.69. The van der Waals surface area contributed by atoms with E-state index in [4.69, 9.17) is 0 Å². The number of hydrogen-bond donors (Lipinski definition) is 0. The van der Waals surface area contributed by atoms with Gasteiger partial charge in [0.2, 0.25) is 0 Å². The Labute approximate surface area is 129 Å². The van der Waals surface area contributed by atoms with E-state index in [1.807, 2.05) is 42.2 Å². The number of benzene rings is 1. The molecule has 0 aliphatic heterocycles. The van der Waals surface area contributed by atoms with Crippen molar-refractivity contribution in [2.24, 2.45) is 7.05 Å². The van der Waals surface area contributed by atoms with Gasteiger partial charge in [0.25, 0.3) is 5.56 Å². The minimum atomic E-state index is 0.0266. The highest BCUT2D eigenvalue weighted by Gasteiger charge is 2.07. The third-order valence-corrected chi connectivity index (χ3v) is 3.78. The van der Waals surface area contributed by atoms with Gasteiger partial charge in [0, 0.05) is 39.1 Å². The minimum Gasteiger partial charge on any atom is -0.354 e. The molecule has 114 valence electrons. The molecular formula is C17H20N4O. The van der Waals surface area contributed by atoms with Gasteiger partial charge in [-0.2, -0.15) is 0 Å². The van der Waals surface area contributed by atoms with Crippen molar-refractivity contribution in [3.63, 3.8) is 0 Å². The normalized spacial score (nSPS) is 11.4. The van der Waals surface area contributed by atoms with Crippen LogP contribution in [0.2, 0.25) is 0 Å². The first-order valence-electron chi connectivity index (χ1n) is 7.37. The lowest BCUT2D eigenvalue weighted by atomic mass is 10.2. The van der Waals surface area contributed by atoms with Crippen molar-refractivity contribution in [1.82, 2.24) is 19.0 Å². The summed E-state index contributed by atoms with van der Waals surface area (Å²) in [6.07, 6.45) is 5.33. The predicted octanol–water partition coefficient (Wildman–Crippen LogP) is 1.87. The summed E-state index contributed by atoms with van der Waals surface area (Å²) in [6.45, 7) is 2.31. The molecular weight excluding hydrogens is 276 g/mol. The summed E-state index contributed by atoms with van der Waals surface area (Å²) in [4.78, 5) is 19.0. The van der Waals surface area contributed by atoms with E-state index in [0.717, 1.165) is 18.6 Å². The molecule has 1 aromatic carbocycles. The van der Waals surface area contributed by atoms with Crippen molar-refractivity contribution in [3.05, 3.63) is 65.0 Å². The molecule has 5 nitrogen and oxygen atoms in total. The number of nitrogens with zero attached hydrogens (tertiary/aromatic N) is 4. The van der Waals surface area contributed by atoms with Gasteiger partial charge in [0.15, 0.2) is 0 Å². The fraction of sp³-hybridized carbons (Fsp3) is 0.294. The zero-order valence-corrected chi connectivity index (χ0v) is 12.9. The fourth-order valence-corrected chi connectivity index (χ4v) is 2.59. The van der Waals surface area contributed by atoms with Gasteiger partial charge in [-0.15, -0.1) is 0 Å². The molecule has 0 aliphatic carbocycles. The van der Waals surface area contributed by atoms with Crippen LogP contribution >= 0.6 is 0 Å². The fourth-order valence-electron chi connectivity index (χ4n) is 2.59. The summed E-state index contributed by atoms with van der Waals surface area (Å²) >= 11 is 0. The topological polar surface area (TPSA) is 43.1 Å². The van der Waals surface area contributed by atoms with Crippen LogP contribution in [0.3, 0.4) is 0 Å². The first kappa shape index (κ1) is 14.5. The maximum absolute atomic E-state index is 12.4. The highest BCUT2D eigenvalue weighted by molar-refractivity contribution is 5.76. The SMILES string of the molecule is CN(CCn1cnc2cn(C)cc2c1=O)Cc1ccccc1. The molecule has 0 radical (unpaired) electrons. The molecule has 22 heavy (non-hydrogen) atoms. The van der Waals surface area contributed by atoms with E-state index in [1.54, 1.807) is 10.9 Å². The number of hydrogen-bond acceptors (Lipinski definition) is 3. The summed E-state index contributed by atoms with van der Waals surface area (Å²) in [7, 11) is 3.96. The van der Waals surface area contributed by atoms with Gasteiger partial charge in [-0.3, -0.25) is 9.36 Å². The van der Waals surface area contributed by atoms with Gasteiger partial charge in [-0.1, -0.05) is 30.3 Å². The van der Waals surface area contributed by atoms with Crippen LogP contribution in [-0.4, -0.2) is 32.6 Å². The number of rotatable bonds is 5. The van der Waals surface area contributed by atoms with Gasteiger partial charge in [0.05, 0.1) is 17.2 Å². The maximum atomic E-state index is 12.4. The summed E-state index contributed by atoms with van der Waals surface area (Å²) in [5.41, 5.74) is 2.05. The average molecular weight is 296 g/mol. The van der Waals surface area contributed by atoms with E-state index in [9.17, 15) is 4.79 Å². The quantitative estimate of drug-likeness (QED) is 0.722. The largest absolute Gasteiger partial charge is 0.354 e. The Morgan fingerprint density at radius 2 is 1.95 bits per heavy atom. The van der Waals surface area contributed by atoms with Crippen LogP contribution in [0.4, 0.5) is 0 Å². The standard InChI is InChI=1S/C17H20N4O/c1-19(10-14-6-4-3-5-7-14)8-9-21-13-18-16-12-20(2)11-15(16)17(21)22/h3-7,11-13H,8-10H2,1-2H3. The van der Waals surface area contributed by atoms with Crippen LogP contribution < -0.4 is 5.56 Å². The van der Waals surface area contributed by atoms with E-state index in [2.05, 4.69) is 29.1 Å². The molecule has 0 atom stereocenters. The second kappa shape index (κ2) is 6.15. The van der Waals surface area contributed by atoms with Gasteiger partial charge >= 0.3 is 0 Å². The highest BCUT2D eigenvalue weighted by atomic mass is 16.1. The zero-order chi connectivity index (χ0) is 15.5. The van der Waals surface area contributed by atoms with Gasteiger partial charge in [-0.05, 0) is 12.6 Å². The molecule has 0 bridgehead atoms. The summed E-state index contributed by atoms with van der Waals surface area (Å²) < 4.78 is 3.55. The van der Waals surface area contributed by atoms with E-state index in [0.29, 0.717) is 11.9 Å². The van der Waals surface area contributed by atoms with Gasteiger partial charge in [-0.25, -0.2) is 4.98 Å². The molecule has 3 rings (SSSR count). The van der Waals surface area contributed by atoms with Crippen molar-refractivity contribution in [1.29, 1.82) is 0 Å². The van der Waals surface area contributed by atoms with Crippen molar-refractivity contribution in [3.8, 4) is 0 Å². The first-order chi connectivity index (χ1) is 10.6. The highest BCUT2D eigenvalue weighted by Crippen LogP contribution is 2.06. The smallest absolute Gasteiger partial charge is 0.262 e. The van der Waals surface area contributed by atoms with Gasteiger partial charge < -0.3 is 9.47 Å². The Morgan fingerprint density at radius 1 is 1.18 bits per heavy atom. The molecule has 2 aromatic heterocycles. The molecule has 0 unspecified atom stereocenters. The van der Waals surface area contributed by atoms with Crippen molar-refractivity contribution in [2.45, 2.75) is 13.1 Å². The Balaban J connectivity index is 1.68. The van der Waals surface area contributed by atoms with Crippen LogP contribution in [0.5, 0.6) is 0 Å². The van der Waals surface area contributed by atoms with Crippen molar-refractivity contribution >= 4 is 10.9 Å². The van der Waals surface area contributed by atoms with Crippen molar-refractivity contribution < 1.29 is 0 Å². The van der Waals surface area contributed by atoms with Crippen LogP contribution in [0, 0.1) is 0 Å². The predicted molar refractivity (Wildman–Crippen MR) is 87.8 cm³/mol. The molecule has 2 heterocycles. The van der Waals surface area contributed by atoms with E-state index in [-0.39, 0.29) is 5.56 Å². The molecule has 3 aromatic rings. The Hall–Kier alpha value is -2.40. The summed E-state index contributed by atoms with van der Waals surface area (Å²) in [5, 5.41) is 0.677. The lowest BCUT2D eigenvalue weighted by molar-refractivity contribution is 0.309. The monoisotopic (exact) mass is 296 g/mol. The van der Waals surface area contributed by atoms with E-state index in [1.165, 1.54) is 5.56 Å². The molecule has 5 heteroatoms. The van der Waals surface area contributed by atoms with Crippen LogP contribution in [0.25, 0.3) is 10.9 Å². The Kier molecular flexibility index (Phi) is 4.06. The zero-order valence-electron chi connectivity index (χ0n) is 12.9. The van der Waals surface area contributed by atoms with Crippen molar-refractivity contribution in [2.75, 3.05) is 13.6 Å². The molecule has 0 spiro atoms. The maximum Gasteiger partial charge on any atom is 0.262 e. The molecule has 0 saturated carbocycles. The lowest BCUT2D eigenvalue weighted by Gasteiger charge is -2.17. The molecule has 0 aliphatic rings. The van der Waals surface area contributed by atoms with E-state index >= 15 is 0 Å². The molecule has 0 saturated heterocycles. The average Bonchev–Trinajstić information content (AvgIpc) is 2.89. The summed E-state index contributed by atoms with van der Waals surface area (Å²) in [6, 6.07) is 10.3. The minimum absolute atomic E-state index is 0.0266. The number of aromatic nitrogens is 3. The number of likely N-dealkylation sites (N-methyl/N-ethyl adjacent to an activating group) is 1. The number of aryl methyl sites for hydroxylation is 1. The molecule has 0 fully saturated rings. The number of fused-ring (bicyclic) bond motifs is 1. The Morgan fingerprint density at radius 3 is 2.73 bits per heavy atom. The first-order valence-corrected chi connectivity index (χ1v) is 7.37. The van der Waals surface area contributed by atoms with Crippen LogP contribution in [0.15, 0.2) is 53.8 Å². The van der Waals surface area contributed by atoms with E-state index < -0.39 is 0 Å². The molecule has 0 amide bonds. The van der Waals surface area contributed by atoms with Gasteiger partial charge in [0.1, 0.15) is 0 Å². The lowest BCUT2D eigenvalue weighted by Crippen LogP contribution is -2.28. The van der Waals surface area contributed by atoms with Crippen LogP contribution in [-0.2, 0) is 20.1 Å². The molecule has 0 N–H and O–H groups in total. The third kappa shape index (κ3) is 3.09. The second-order valence-corrected chi connectivity index (χ2v) is 5.69.